The number of nitrogens with zero attached hydrogens (tertiary/aromatic N) is 1. The van der Waals surface area contributed by atoms with Crippen LogP contribution < -0.4 is 0 Å². The Morgan fingerprint density at radius 2 is 2.11 bits per heavy atom. The van der Waals surface area contributed by atoms with Crippen molar-refractivity contribution in [1.82, 2.24) is 4.90 Å². The lowest BCUT2D eigenvalue weighted by molar-refractivity contribution is -0.146. The van der Waals surface area contributed by atoms with Crippen molar-refractivity contribution < 1.29 is 14.7 Å². The van der Waals surface area contributed by atoms with Crippen molar-refractivity contribution in [2.24, 2.45) is 0 Å². The van der Waals surface area contributed by atoms with E-state index in [2.05, 4.69) is 15.9 Å². The quantitative estimate of drug-likeness (QED) is 0.870. The maximum Gasteiger partial charge on any atom is 0.326 e. The van der Waals surface area contributed by atoms with Crippen molar-refractivity contribution in [3.8, 4) is 0 Å². The first-order chi connectivity index (χ1) is 9.09. The Kier molecular flexibility index (Phi) is 4.37. The van der Waals surface area contributed by atoms with Crippen molar-refractivity contribution in [2.75, 3.05) is 6.54 Å². The normalized spacial score (nSPS) is 19.0. The van der Waals surface area contributed by atoms with Crippen LogP contribution >= 0.6 is 15.9 Å². The van der Waals surface area contributed by atoms with Crippen molar-refractivity contribution in [1.29, 1.82) is 0 Å². The molecule has 1 N–H and O–H groups in total. The van der Waals surface area contributed by atoms with E-state index in [1.165, 1.54) is 11.0 Å². The topological polar surface area (TPSA) is 57.6 Å². The van der Waals surface area contributed by atoms with Gasteiger partial charge in [-0.25, -0.2) is 4.79 Å². The number of carboxylic acid groups (broad SMARTS) is 1. The Morgan fingerprint density at radius 3 is 2.79 bits per heavy atom. The Hall–Kier alpha value is -1.62. The van der Waals surface area contributed by atoms with Crippen molar-refractivity contribution >= 4 is 33.9 Å². The predicted octanol–water partition coefficient (Wildman–Crippen LogP) is 2.54. The minimum atomic E-state index is -0.930. The molecule has 5 heteroatoms. The maximum atomic E-state index is 12.0. The highest BCUT2D eigenvalue weighted by atomic mass is 79.9. The summed E-state index contributed by atoms with van der Waals surface area (Å²) < 4.78 is 0.898. The van der Waals surface area contributed by atoms with Crippen molar-refractivity contribution in [3.05, 3.63) is 40.4 Å². The standard InChI is InChI=1S/C14H14BrNO3/c15-11-5-2-1-4-10(11)7-8-13(17)16-9-3-6-12(16)14(18)19/h1-2,4-5,7-8,12H,3,6,9H2,(H,18,19)/b8-7+/t12-/m1/s1. The van der Waals surface area contributed by atoms with Crippen LogP contribution in [0.5, 0.6) is 0 Å². The average Bonchev–Trinajstić information content (AvgIpc) is 2.87. The fourth-order valence-electron chi connectivity index (χ4n) is 2.15. The van der Waals surface area contributed by atoms with Gasteiger partial charge in [0.25, 0.3) is 0 Å². The molecule has 1 aliphatic heterocycles. The first-order valence-electron chi connectivity index (χ1n) is 6.05. The predicted molar refractivity (Wildman–Crippen MR) is 75.5 cm³/mol. The number of amides is 1. The largest absolute Gasteiger partial charge is 0.480 e. The third-order valence-electron chi connectivity index (χ3n) is 3.13. The van der Waals surface area contributed by atoms with Gasteiger partial charge in [0, 0.05) is 17.1 Å². The summed E-state index contributed by atoms with van der Waals surface area (Å²) in [5, 5.41) is 9.04. The van der Waals surface area contributed by atoms with Gasteiger partial charge in [-0.1, -0.05) is 34.1 Å². The van der Waals surface area contributed by atoms with Gasteiger partial charge in [-0.3, -0.25) is 4.79 Å². The molecule has 0 saturated carbocycles. The van der Waals surface area contributed by atoms with Crippen LogP contribution in [0.4, 0.5) is 0 Å². The number of carbonyl (C=O) groups excluding carboxylic acids is 1. The number of hydrogen-bond donors (Lipinski definition) is 1. The molecule has 0 bridgehead atoms. The Balaban J connectivity index is 2.09. The SMILES string of the molecule is O=C(O)[C@H]1CCCN1C(=O)/C=C/c1ccccc1Br. The minimum Gasteiger partial charge on any atom is -0.480 e. The van der Waals surface area contributed by atoms with Gasteiger partial charge in [-0.05, 0) is 30.5 Å². The molecule has 1 amide bonds. The van der Waals surface area contributed by atoms with E-state index in [0.29, 0.717) is 13.0 Å². The number of rotatable bonds is 3. The molecule has 19 heavy (non-hydrogen) atoms. The summed E-state index contributed by atoms with van der Waals surface area (Å²) in [6.45, 7) is 0.510. The summed E-state index contributed by atoms with van der Waals surface area (Å²) in [6.07, 6.45) is 4.40. The smallest absolute Gasteiger partial charge is 0.326 e. The number of benzene rings is 1. The molecule has 1 heterocycles. The zero-order chi connectivity index (χ0) is 13.8. The van der Waals surface area contributed by atoms with E-state index >= 15 is 0 Å². The lowest BCUT2D eigenvalue weighted by Crippen LogP contribution is -2.39. The molecule has 0 aliphatic carbocycles. The maximum absolute atomic E-state index is 12.0. The second-order valence-electron chi connectivity index (χ2n) is 4.38. The molecular weight excluding hydrogens is 310 g/mol. The van der Waals surface area contributed by atoms with E-state index < -0.39 is 12.0 Å². The summed E-state index contributed by atoms with van der Waals surface area (Å²) in [4.78, 5) is 24.4. The van der Waals surface area contributed by atoms with Gasteiger partial charge < -0.3 is 10.0 Å². The minimum absolute atomic E-state index is 0.249. The van der Waals surface area contributed by atoms with Crippen LogP contribution in [0.15, 0.2) is 34.8 Å². The molecule has 1 aliphatic rings. The highest BCUT2D eigenvalue weighted by Crippen LogP contribution is 2.20. The Labute approximate surface area is 119 Å². The third kappa shape index (κ3) is 3.23. The van der Waals surface area contributed by atoms with Crippen LogP contribution in [-0.4, -0.2) is 34.5 Å². The van der Waals surface area contributed by atoms with Crippen molar-refractivity contribution in [3.63, 3.8) is 0 Å². The van der Waals surface area contributed by atoms with E-state index in [9.17, 15) is 9.59 Å². The molecular formula is C14H14BrNO3. The number of hydrogen-bond acceptors (Lipinski definition) is 2. The molecule has 1 aromatic rings. The molecule has 0 spiro atoms. The highest BCUT2D eigenvalue weighted by molar-refractivity contribution is 9.10. The molecule has 1 atom stereocenters. The molecule has 2 rings (SSSR count). The van der Waals surface area contributed by atoms with Crippen LogP contribution in [0.1, 0.15) is 18.4 Å². The monoisotopic (exact) mass is 323 g/mol. The van der Waals surface area contributed by atoms with E-state index in [1.54, 1.807) is 6.08 Å². The summed E-state index contributed by atoms with van der Waals surface area (Å²) >= 11 is 3.39. The van der Waals surface area contributed by atoms with Gasteiger partial charge >= 0.3 is 5.97 Å². The first kappa shape index (κ1) is 13.8. The fraction of sp³-hybridized carbons (Fsp3) is 0.286. The lowest BCUT2D eigenvalue weighted by Gasteiger charge is -2.19. The van der Waals surface area contributed by atoms with Gasteiger partial charge in [-0.15, -0.1) is 0 Å². The zero-order valence-electron chi connectivity index (χ0n) is 10.3. The zero-order valence-corrected chi connectivity index (χ0v) is 11.8. The fourth-order valence-corrected chi connectivity index (χ4v) is 2.57. The number of carbonyl (C=O) groups is 2. The lowest BCUT2D eigenvalue weighted by atomic mass is 10.2. The van der Waals surface area contributed by atoms with Gasteiger partial charge in [0.2, 0.25) is 5.91 Å². The average molecular weight is 324 g/mol. The summed E-state index contributed by atoms with van der Waals surface area (Å²) in [7, 11) is 0. The molecule has 1 fully saturated rings. The van der Waals surface area contributed by atoms with Crippen molar-refractivity contribution in [2.45, 2.75) is 18.9 Å². The number of likely N-dealkylation sites (tertiary alicyclic amines) is 1. The van der Waals surface area contributed by atoms with Gasteiger partial charge in [0.15, 0.2) is 0 Å². The molecule has 4 nitrogen and oxygen atoms in total. The third-order valence-corrected chi connectivity index (χ3v) is 3.85. The second-order valence-corrected chi connectivity index (χ2v) is 5.24. The van der Waals surface area contributed by atoms with Gasteiger partial charge in [0.1, 0.15) is 6.04 Å². The van der Waals surface area contributed by atoms with Crippen LogP contribution in [0.2, 0.25) is 0 Å². The van der Waals surface area contributed by atoms with Crippen LogP contribution in [0, 0.1) is 0 Å². The van der Waals surface area contributed by atoms with Crippen LogP contribution in [0.3, 0.4) is 0 Å². The number of aliphatic carboxylic acids is 1. The highest BCUT2D eigenvalue weighted by Gasteiger charge is 2.32. The van der Waals surface area contributed by atoms with Crippen LogP contribution in [0.25, 0.3) is 6.08 Å². The Bertz CT molecular complexity index is 527. The van der Waals surface area contributed by atoms with E-state index in [-0.39, 0.29) is 5.91 Å². The number of halogens is 1. The van der Waals surface area contributed by atoms with E-state index in [4.69, 9.17) is 5.11 Å². The second kappa shape index (κ2) is 6.02. The number of carboxylic acids is 1. The first-order valence-corrected chi connectivity index (χ1v) is 6.85. The molecule has 1 aromatic carbocycles. The molecule has 0 unspecified atom stereocenters. The van der Waals surface area contributed by atoms with E-state index in [0.717, 1.165) is 16.5 Å². The summed E-state index contributed by atoms with van der Waals surface area (Å²) in [6, 6.07) is 6.86. The van der Waals surface area contributed by atoms with Gasteiger partial charge in [0.05, 0.1) is 0 Å². The molecule has 100 valence electrons. The molecule has 0 aromatic heterocycles. The molecule has 0 radical (unpaired) electrons. The molecule has 1 saturated heterocycles. The van der Waals surface area contributed by atoms with Crippen LogP contribution in [-0.2, 0) is 9.59 Å². The Morgan fingerprint density at radius 1 is 1.37 bits per heavy atom. The van der Waals surface area contributed by atoms with Gasteiger partial charge in [-0.2, -0.15) is 0 Å². The summed E-state index contributed by atoms with van der Waals surface area (Å²) in [5.74, 6) is -1.18. The summed E-state index contributed by atoms with van der Waals surface area (Å²) in [5.41, 5.74) is 0.891. The van der Waals surface area contributed by atoms with E-state index in [1.807, 2.05) is 24.3 Å².